The Balaban J connectivity index is 1.60. The van der Waals surface area contributed by atoms with Crippen LogP contribution in [0.1, 0.15) is 30.1 Å². The van der Waals surface area contributed by atoms with Crippen LogP contribution in [0.4, 0.5) is 8.78 Å². The molecule has 0 saturated carbocycles. The number of hydrogen-bond acceptors (Lipinski definition) is 6. The lowest BCUT2D eigenvalue weighted by Crippen LogP contribution is -2.51. The van der Waals surface area contributed by atoms with Crippen LogP contribution < -0.4 is 4.74 Å². The summed E-state index contributed by atoms with van der Waals surface area (Å²) in [7, 11) is 0. The summed E-state index contributed by atoms with van der Waals surface area (Å²) in [6.45, 7) is 2.35. The maximum Gasteiger partial charge on any atom is 0.316 e. The van der Waals surface area contributed by atoms with Gasteiger partial charge in [-0.2, -0.15) is 0 Å². The maximum absolute atomic E-state index is 14.6. The molecule has 4 rings (SSSR count). The minimum absolute atomic E-state index is 0.0479. The van der Waals surface area contributed by atoms with Gasteiger partial charge in [0.15, 0.2) is 11.6 Å². The van der Waals surface area contributed by atoms with Crippen LogP contribution in [0.3, 0.4) is 0 Å². The zero-order chi connectivity index (χ0) is 21.1. The first-order valence-electron chi connectivity index (χ1n) is 9.55. The molecule has 1 saturated heterocycles. The summed E-state index contributed by atoms with van der Waals surface area (Å²) in [5.41, 5.74) is 0.256. The molecule has 1 aliphatic rings. The van der Waals surface area contributed by atoms with Gasteiger partial charge in [0.1, 0.15) is 11.9 Å². The first-order valence-corrected chi connectivity index (χ1v) is 9.55. The molecule has 7 nitrogen and oxygen atoms in total. The van der Waals surface area contributed by atoms with E-state index in [4.69, 9.17) is 4.74 Å². The van der Waals surface area contributed by atoms with Crippen molar-refractivity contribution in [3.63, 3.8) is 0 Å². The topological polar surface area (TPSA) is 81.1 Å². The lowest BCUT2D eigenvalue weighted by molar-refractivity contribution is 0.0248. The Labute approximate surface area is 171 Å². The van der Waals surface area contributed by atoms with E-state index in [1.54, 1.807) is 17.0 Å². The van der Waals surface area contributed by atoms with E-state index >= 15 is 0 Å². The predicted molar refractivity (Wildman–Crippen MR) is 104 cm³/mol. The molecular formula is C21H19F2N5O2. The van der Waals surface area contributed by atoms with Crippen molar-refractivity contribution in [1.82, 2.24) is 24.8 Å². The molecule has 154 valence electrons. The van der Waals surface area contributed by atoms with Gasteiger partial charge in [0.2, 0.25) is 0 Å². The molecule has 3 aromatic rings. The maximum atomic E-state index is 14.6. The summed E-state index contributed by atoms with van der Waals surface area (Å²) in [6, 6.07) is 5.68. The summed E-state index contributed by atoms with van der Waals surface area (Å²) in [5, 5.41) is 0. The Kier molecular flexibility index (Phi) is 5.60. The Hall–Kier alpha value is -3.49. The van der Waals surface area contributed by atoms with E-state index in [1.807, 2.05) is 6.92 Å². The molecule has 0 aliphatic carbocycles. The van der Waals surface area contributed by atoms with Crippen molar-refractivity contribution in [3.05, 3.63) is 66.3 Å². The molecule has 1 aromatic carbocycles. The Bertz CT molecular complexity index is 1030. The van der Waals surface area contributed by atoms with Crippen LogP contribution >= 0.6 is 0 Å². The summed E-state index contributed by atoms with van der Waals surface area (Å²) in [4.78, 5) is 30.9. The van der Waals surface area contributed by atoms with Gasteiger partial charge in [-0.15, -0.1) is 0 Å². The molecule has 3 heterocycles. The van der Waals surface area contributed by atoms with Crippen molar-refractivity contribution in [2.75, 3.05) is 6.54 Å². The smallest absolute Gasteiger partial charge is 0.316 e. The van der Waals surface area contributed by atoms with Gasteiger partial charge >= 0.3 is 6.01 Å². The molecule has 1 fully saturated rings. The largest absolute Gasteiger partial charge is 0.458 e. The van der Waals surface area contributed by atoms with E-state index in [1.165, 1.54) is 24.5 Å². The SMILES string of the molecule is CC1C(Oc2ncc(F)cn2)CCCN1C(=O)c1cccc(F)c1-c1ncccn1. The van der Waals surface area contributed by atoms with Gasteiger partial charge in [-0.1, -0.05) is 6.07 Å². The molecule has 2 unspecified atom stereocenters. The molecule has 9 heteroatoms. The number of nitrogens with zero attached hydrogens (tertiary/aromatic N) is 5. The molecule has 0 radical (unpaired) electrons. The number of carbonyl (C=O) groups excluding carboxylic acids is 1. The quantitative estimate of drug-likeness (QED) is 0.655. The van der Waals surface area contributed by atoms with Crippen molar-refractivity contribution in [3.8, 4) is 17.4 Å². The summed E-state index contributed by atoms with van der Waals surface area (Å²) >= 11 is 0. The molecule has 2 aromatic heterocycles. The van der Waals surface area contributed by atoms with Crippen LogP contribution in [0, 0.1) is 11.6 Å². The van der Waals surface area contributed by atoms with Crippen LogP contribution in [0.25, 0.3) is 11.4 Å². The molecule has 0 bridgehead atoms. The first-order chi connectivity index (χ1) is 14.5. The highest BCUT2D eigenvalue weighted by Gasteiger charge is 2.35. The number of rotatable bonds is 4. The first kappa shape index (κ1) is 19.8. The minimum Gasteiger partial charge on any atom is -0.458 e. The average Bonchev–Trinajstić information content (AvgIpc) is 2.76. The van der Waals surface area contributed by atoms with Crippen LogP contribution in [0.2, 0.25) is 0 Å². The zero-order valence-corrected chi connectivity index (χ0v) is 16.2. The third-order valence-electron chi connectivity index (χ3n) is 5.07. The Morgan fingerprint density at radius 1 is 1.10 bits per heavy atom. The normalized spacial score (nSPS) is 18.8. The molecule has 0 N–H and O–H groups in total. The van der Waals surface area contributed by atoms with Gasteiger partial charge in [0, 0.05) is 18.9 Å². The number of carbonyl (C=O) groups is 1. The van der Waals surface area contributed by atoms with Crippen molar-refractivity contribution in [2.45, 2.75) is 31.9 Å². The Morgan fingerprint density at radius 2 is 1.83 bits per heavy atom. The van der Waals surface area contributed by atoms with E-state index in [9.17, 15) is 13.6 Å². The van der Waals surface area contributed by atoms with Gasteiger partial charge in [0.25, 0.3) is 5.91 Å². The minimum atomic E-state index is -0.566. The average molecular weight is 411 g/mol. The number of ether oxygens (including phenoxy) is 1. The Morgan fingerprint density at radius 3 is 2.57 bits per heavy atom. The number of halogens is 2. The number of benzene rings is 1. The number of likely N-dealkylation sites (tertiary alicyclic amines) is 1. The number of hydrogen-bond donors (Lipinski definition) is 0. The fraction of sp³-hybridized carbons (Fsp3) is 0.286. The number of piperidine rings is 1. The van der Waals surface area contributed by atoms with Crippen LogP contribution in [-0.2, 0) is 0 Å². The fourth-order valence-electron chi connectivity index (χ4n) is 3.56. The lowest BCUT2D eigenvalue weighted by atomic mass is 9.97. The van der Waals surface area contributed by atoms with E-state index < -0.39 is 11.6 Å². The lowest BCUT2D eigenvalue weighted by Gasteiger charge is -2.39. The third-order valence-corrected chi connectivity index (χ3v) is 5.07. The molecule has 30 heavy (non-hydrogen) atoms. The summed E-state index contributed by atoms with van der Waals surface area (Å²) < 4.78 is 33.5. The van der Waals surface area contributed by atoms with E-state index in [-0.39, 0.29) is 41.0 Å². The highest BCUT2D eigenvalue weighted by Crippen LogP contribution is 2.28. The van der Waals surface area contributed by atoms with E-state index in [0.717, 1.165) is 12.4 Å². The fourth-order valence-corrected chi connectivity index (χ4v) is 3.56. The standard InChI is InChI=1S/C21H19F2N5O2/c1-13-17(30-21-26-11-14(22)12-27-21)7-3-10-28(13)20(29)15-5-2-6-16(23)18(15)19-24-8-4-9-25-19/h2,4-6,8-9,11-13,17H,3,7,10H2,1H3. The second-order valence-corrected chi connectivity index (χ2v) is 6.96. The summed E-state index contributed by atoms with van der Waals surface area (Å²) in [6.07, 6.45) is 6.05. The van der Waals surface area contributed by atoms with Gasteiger partial charge in [-0.25, -0.2) is 28.7 Å². The van der Waals surface area contributed by atoms with Gasteiger partial charge in [-0.3, -0.25) is 4.79 Å². The number of amides is 1. The molecular weight excluding hydrogens is 392 g/mol. The van der Waals surface area contributed by atoms with Gasteiger partial charge < -0.3 is 9.64 Å². The second-order valence-electron chi connectivity index (χ2n) is 6.96. The predicted octanol–water partition coefficient (Wildman–Crippen LogP) is 3.28. The molecule has 2 atom stereocenters. The van der Waals surface area contributed by atoms with Crippen molar-refractivity contribution >= 4 is 5.91 Å². The van der Waals surface area contributed by atoms with Crippen LogP contribution in [-0.4, -0.2) is 49.4 Å². The zero-order valence-electron chi connectivity index (χ0n) is 16.2. The molecule has 1 amide bonds. The second kappa shape index (κ2) is 8.48. The van der Waals surface area contributed by atoms with Crippen LogP contribution in [0.5, 0.6) is 6.01 Å². The summed E-state index contributed by atoms with van der Waals surface area (Å²) in [5.74, 6) is -1.31. The van der Waals surface area contributed by atoms with E-state index in [0.29, 0.717) is 19.4 Å². The number of aromatic nitrogens is 4. The van der Waals surface area contributed by atoms with Gasteiger partial charge in [-0.05, 0) is 38.0 Å². The molecule has 1 aliphatic heterocycles. The van der Waals surface area contributed by atoms with Crippen molar-refractivity contribution in [1.29, 1.82) is 0 Å². The highest BCUT2D eigenvalue weighted by molar-refractivity contribution is 6.00. The highest BCUT2D eigenvalue weighted by atomic mass is 19.1. The van der Waals surface area contributed by atoms with Crippen LogP contribution in [0.15, 0.2) is 49.1 Å². The molecule has 0 spiro atoms. The van der Waals surface area contributed by atoms with Crippen molar-refractivity contribution < 1.29 is 18.3 Å². The monoisotopic (exact) mass is 411 g/mol. The van der Waals surface area contributed by atoms with Crippen molar-refractivity contribution in [2.24, 2.45) is 0 Å². The third kappa shape index (κ3) is 3.96. The van der Waals surface area contributed by atoms with E-state index in [2.05, 4.69) is 19.9 Å². The van der Waals surface area contributed by atoms with Gasteiger partial charge in [0.05, 0.1) is 29.6 Å².